The van der Waals surface area contributed by atoms with Gasteiger partial charge in [-0.2, -0.15) is 13.2 Å². The Bertz CT molecular complexity index is 1090. The van der Waals surface area contributed by atoms with Crippen LogP contribution in [0, 0.1) is 20.8 Å². The van der Waals surface area contributed by atoms with E-state index in [-0.39, 0.29) is 11.6 Å². The average molecular weight is 381 g/mol. The third-order valence-corrected chi connectivity index (χ3v) is 5.48. The maximum atomic E-state index is 13.5. The summed E-state index contributed by atoms with van der Waals surface area (Å²) in [6.07, 6.45) is -0.479. The molecule has 0 aliphatic carbocycles. The minimum Gasteiger partial charge on any atom is -0.369 e. The van der Waals surface area contributed by atoms with E-state index in [1.807, 2.05) is 31.5 Å². The Labute approximate surface area is 163 Å². The summed E-state index contributed by atoms with van der Waals surface area (Å²) in [5.74, 6) is 0. The van der Waals surface area contributed by atoms with E-state index in [9.17, 15) is 13.2 Å². The molecule has 4 heteroatoms. The molecule has 1 aliphatic heterocycles. The van der Waals surface area contributed by atoms with Crippen LogP contribution in [0.4, 0.5) is 13.2 Å². The van der Waals surface area contributed by atoms with Gasteiger partial charge in [0.15, 0.2) is 0 Å². The fraction of sp³-hybridized carbons (Fsp3) is 0.250. The summed E-state index contributed by atoms with van der Waals surface area (Å²) in [5, 5.41) is 1.48. The van der Waals surface area contributed by atoms with Gasteiger partial charge in [0.25, 0.3) is 0 Å². The van der Waals surface area contributed by atoms with Crippen molar-refractivity contribution < 1.29 is 13.2 Å². The number of hydrogen-bond acceptors (Lipinski definition) is 1. The van der Waals surface area contributed by atoms with Crippen molar-refractivity contribution in [1.29, 1.82) is 0 Å². The SMILES string of the molecule is Cc1cc(C)cc(C2c3ccc4cc(C)c(C(F)(F)F)cc4c3C=CN2C)c1. The van der Waals surface area contributed by atoms with Gasteiger partial charge in [-0.1, -0.05) is 47.5 Å². The van der Waals surface area contributed by atoms with E-state index < -0.39 is 11.7 Å². The Morgan fingerprint density at radius 2 is 1.57 bits per heavy atom. The van der Waals surface area contributed by atoms with Crippen LogP contribution in [0.2, 0.25) is 0 Å². The van der Waals surface area contributed by atoms with Crippen molar-refractivity contribution in [3.63, 3.8) is 0 Å². The van der Waals surface area contributed by atoms with Gasteiger partial charge in [0.1, 0.15) is 0 Å². The molecule has 1 aliphatic rings. The smallest absolute Gasteiger partial charge is 0.369 e. The number of nitrogens with zero attached hydrogens (tertiary/aromatic N) is 1. The molecule has 0 radical (unpaired) electrons. The van der Waals surface area contributed by atoms with Crippen LogP contribution >= 0.6 is 0 Å². The zero-order chi connectivity index (χ0) is 20.2. The van der Waals surface area contributed by atoms with E-state index >= 15 is 0 Å². The Hall–Kier alpha value is -2.75. The van der Waals surface area contributed by atoms with Crippen molar-refractivity contribution in [2.75, 3.05) is 7.05 Å². The van der Waals surface area contributed by atoms with Crippen molar-refractivity contribution in [2.45, 2.75) is 33.0 Å². The molecule has 1 unspecified atom stereocenters. The minimum absolute atomic E-state index is 0.0290. The summed E-state index contributed by atoms with van der Waals surface area (Å²) in [7, 11) is 2.00. The lowest BCUT2D eigenvalue weighted by Gasteiger charge is -2.33. The second-order valence-corrected chi connectivity index (χ2v) is 7.76. The molecule has 0 fully saturated rings. The third-order valence-electron chi connectivity index (χ3n) is 5.48. The summed E-state index contributed by atoms with van der Waals surface area (Å²) in [4.78, 5) is 2.11. The molecule has 0 spiro atoms. The molecule has 0 N–H and O–H groups in total. The lowest BCUT2D eigenvalue weighted by molar-refractivity contribution is -0.137. The van der Waals surface area contributed by atoms with Crippen LogP contribution in [0.15, 0.2) is 48.7 Å². The molecule has 144 valence electrons. The van der Waals surface area contributed by atoms with Gasteiger partial charge in [0, 0.05) is 13.2 Å². The summed E-state index contributed by atoms with van der Waals surface area (Å²) < 4.78 is 40.4. The fourth-order valence-electron chi connectivity index (χ4n) is 4.34. The van der Waals surface area contributed by atoms with E-state index in [4.69, 9.17) is 0 Å². The minimum atomic E-state index is -4.36. The quantitative estimate of drug-likeness (QED) is 0.449. The van der Waals surface area contributed by atoms with Gasteiger partial charge in [-0.05, 0) is 65.9 Å². The zero-order valence-electron chi connectivity index (χ0n) is 16.4. The standard InChI is InChI=1S/C24H22F3N/c1-14-9-15(2)11-18(10-14)23-20-6-5-17-12-16(3)22(24(25,26)27)13-21(17)19(20)7-8-28(23)4/h5-13,23H,1-4H3. The highest BCUT2D eigenvalue weighted by Crippen LogP contribution is 2.41. The first-order valence-electron chi connectivity index (χ1n) is 9.28. The van der Waals surface area contributed by atoms with Crippen LogP contribution in [0.5, 0.6) is 0 Å². The lowest BCUT2D eigenvalue weighted by atomic mass is 9.86. The van der Waals surface area contributed by atoms with Crippen LogP contribution in [-0.4, -0.2) is 11.9 Å². The maximum Gasteiger partial charge on any atom is 0.416 e. The first kappa shape index (κ1) is 18.6. The highest BCUT2D eigenvalue weighted by atomic mass is 19.4. The van der Waals surface area contributed by atoms with Gasteiger partial charge in [-0.15, -0.1) is 0 Å². The predicted molar refractivity (Wildman–Crippen MR) is 108 cm³/mol. The monoisotopic (exact) mass is 381 g/mol. The van der Waals surface area contributed by atoms with Gasteiger partial charge < -0.3 is 4.90 Å². The molecule has 0 saturated heterocycles. The van der Waals surface area contributed by atoms with Crippen LogP contribution in [-0.2, 0) is 6.18 Å². The highest BCUT2D eigenvalue weighted by molar-refractivity contribution is 5.94. The fourth-order valence-corrected chi connectivity index (χ4v) is 4.34. The molecule has 0 bridgehead atoms. The second kappa shape index (κ2) is 6.40. The predicted octanol–water partition coefficient (Wildman–Crippen LogP) is 6.79. The van der Waals surface area contributed by atoms with Crippen LogP contribution in [0.25, 0.3) is 16.8 Å². The second-order valence-electron chi connectivity index (χ2n) is 7.76. The van der Waals surface area contributed by atoms with Crippen molar-refractivity contribution >= 4 is 16.8 Å². The maximum absolute atomic E-state index is 13.5. The Kier molecular flexibility index (Phi) is 4.25. The number of hydrogen-bond donors (Lipinski definition) is 0. The molecule has 0 amide bonds. The first-order chi connectivity index (χ1) is 13.1. The van der Waals surface area contributed by atoms with Crippen molar-refractivity contribution in [3.05, 3.63) is 87.6 Å². The number of aryl methyl sites for hydroxylation is 3. The van der Waals surface area contributed by atoms with Crippen molar-refractivity contribution in [3.8, 4) is 0 Å². The third kappa shape index (κ3) is 3.07. The Morgan fingerprint density at radius 1 is 0.893 bits per heavy atom. The van der Waals surface area contributed by atoms with Gasteiger partial charge in [0.2, 0.25) is 0 Å². The Balaban J connectivity index is 1.97. The van der Waals surface area contributed by atoms with E-state index in [2.05, 4.69) is 36.9 Å². The molecule has 0 aromatic heterocycles. The topological polar surface area (TPSA) is 3.24 Å². The average Bonchev–Trinajstić information content (AvgIpc) is 2.58. The van der Waals surface area contributed by atoms with Gasteiger partial charge in [-0.3, -0.25) is 0 Å². The zero-order valence-corrected chi connectivity index (χ0v) is 16.4. The number of rotatable bonds is 1. The molecule has 28 heavy (non-hydrogen) atoms. The molecule has 1 nitrogen and oxygen atoms in total. The summed E-state index contributed by atoms with van der Waals surface area (Å²) in [5.41, 5.74) is 5.08. The molecular formula is C24H22F3N. The van der Waals surface area contributed by atoms with Gasteiger partial charge in [-0.25, -0.2) is 0 Å². The van der Waals surface area contributed by atoms with Gasteiger partial charge >= 0.3 is 6.18 Å². The largest absolute Gasteiger partial charge is 0.416 e. The van der Waals surface area contributed by atoms with Crippen LogP contribution in [0.3, 0.4) is 0 Å². The normalized spacial score (nSPS) is 16.5. The summed E-state index contributed by atoms with van der Waals surface area (Å²) >= 11 is 0. The molecular weight excluding hydrogens is 359 g/mol. The number of alkyl halides is 3. The number of benzene rings is 3. The van der Waals surface area contributed by atoms with E-state index in [0.29, 0.717) is 5.39 Å². The number of fused-ring (bicyclic) bond motifs is 3. The molecule has 0 saturated carbocycles. The summed E-state index contributed by atoms with van der Waals surface area (Å²) in [6, 6.07) is 13.3. The summed E-state index contributed by atoms with van der Waals surface area (Å²) in [6.45, 7) is 5.65. The molecule has 3 aromatic carbocycles. The number of halogens is 3. The van der Waals surface area contributed by atoms with Crippen LogP contribution in [0.1, 0.15) is 45.0 Å². The molecule has 1 atom stereocenters. The van der Waals surface area contributed by atoms with Gasteiger partial charge in [0.05, 0.1) is 11.6 Å². The van der Waals surface area contributed by atoms with E-state index in [0.717, 1.165) is 22.1 Å². The van der Waals surface area contributed by atoms with Crippen LogP contribution < -0.4 is 0 Å². The lowest BCUT2D eigenvalue weighted by Crippen LogP contribution is -2.24. The molecule has 4 rings (SSSR count). The molecule has 3 aromatic rings. The van der Waals surface area contributed by atoms with Crippen molar-refractivity contribution in [1.82, 2.24) is 4.90 Å². The van der Waals surface area contributed by atoms with E-state index in [1.165, 1.54) is 24.1 Å². The first-order valence-corrected chi connectivity index (χ1v) is 9.28. The molecule has 1 heterocycles. The van der Waals surface area contributed by atoms with E-state index in [1.54, 1.807) is 6.07 Å². The van der Waals surface area contributed by atoms with Crippen molar-refractivity contribution in [2.24, 2.45) is 0 Å². The highest BCUT2D eigenvalue weighted by Gasteiger charge is 2.33. The Morgan fingerprint density at radius 3 is 2.21 bits per heavy atom.